The molecule has 1 aromatic heterocycles. The number of nitrogens with two attached hydrogens (primary N) is 1. The summed E-state index contributed by atoms with van der Waals surface area (Å²) in [5.74, 6) is 0.752. The van der Waals surface area contributed by atoms with Crippen molar-refractivity contribution in [3.8, 4) is 0 Å². The Morgan fingerprint density at radius 1 is 1.44 bits per heavy atom. The van der Waals surface area contributed by atoms with E-state index < -0.39 is 0 Å². The molecule has 0 bridgehead atoms. The zero-order valence-electron chi connectivity index (χ0n) is 10.1. The first kappa shape index (κ1) is 11.1. The molecule has 1 atom stereocenters. The fourth-order valence-corrected chi connectivity index (χ4v) is 1.73. The molecule has 0 spiro atoms. The Morgan fingerprint density at radius 3 is 2.75 bits per heavy atom. The molecule has 2 N–H and O–H groups in total. The van der Waals surface area contributed by atoms with Gasteiger partial charge in [-0.05, 0) is 31.9 Å². The van der Waals surface area contributed by atoms with Gasteiger partial charge >= 0.3 is 0 Å². The summed E-state index contributed by atoms with van der Waals surface area (Å²) in [6, 6.07) is 5.98. The van der Waals surface area contributed by atoms with Gasteiger partial charge in [0.15, 0.2) is 5.58 Å². The molecule has 0 radical (unpaired) electrons. The van der Waals surface area contributed by atoms with Crippen LogP contribution in [0.1, 0.15) is 31.7 Å². The molecule has 1 unspecified atom stereocenters. The van der Waals surface area contributed by atoms with Gasteiger partial charge < -0.3 is 10.2 Å². The normalized spacial score (nSPS) is 15.2. The van der Waals surface area contributed by atoms with Gasteiger partial charge in [0, 0.05) is 6.54 Å². The van der Waals surface area contributed by atoms with E-state index in [-0.39, 0.29) is 5.41 Å². The highest BCUT2D eigenvalue weighted by molar-refractivity contribution is 5.76. The van der Waals surface area contributed by atoms with Crippen LogP contribution in [-0.4, -0.2) is 11.5 Å². The molecule has 16 heavy (non-hydrogen) atoms. The second-order valence-electron chi connectivity index (χ2n) is 4.56. The van der Waals surface area contributed by atoms with E-state index in [4.69, 9.17) is 10.2 Å². The summed E-state index contributed by atoms with van der Waals surface area (Å²) in [5.41, 5.74) is 8.59. The number of benzene rings is 1. The summed E-state index contributed by atoms with van der Waals surface area (Å²) in [6.07, 6.45) is 0.926. The maximum absolute atomic E-state index is 5.81. The highest BCUT2D eigenvalue weighted by Gasteiger charge is 2.28. The lowest BCUT2D eigenvalue weighted by Crippen LogP contribution is -2.31. The van der Waals surface area contributed by atoms with Gasteiger partial charge in [-0.2, -0.15) is 0 Å². The number of para-hydroxylation sites is 1. The largest absolute Gasteiger partial charge is 0.440 e. The van der Waals surface area contributed by atoms with Crippen molar-refractivity contribution in [1.29, 1.82) is 0 Å². The average Bonchev–Trinajstić information content (AvgIpc) is 2.74. The Hall–Kier alpha value is -1.35. The maximum Gasteiger partial charge on any atom is 0.202 e. The van der Waals surface area contributed by atoms with Gasteiger partial charge in [0.05, 0.1) is 5.41 Å². The van der Waals surface area contributed by atoms with Crippen LogP contribution in [0.25, 0.3) is 11.1 Å². The molecule has 1 aromatic carbocycles. The van der Waals surface area contributed by atoms with E-state index >= 15 is 0 Å². The summed E-state index contributed by atoms with van der Waals surface area (Å²) in [5, 5.41) is 0. The van der Waals surface area contributed by atoms with Crippen molar-refractivity contribution in [2.75, 3.05) is 6.54 Å². The Balaban J connectivity index is 2.59. The Labute approximate surface area is 95.7 Å². The van der Waals surface area contributed by atoms with Crippen molar-refractivity contribution in [1.82, 2.24) is 4.98 Å². The Kier molecular flexibility index (Phi) is 2.72. The smallest absolute Gasteiger partial charge is 0.202 e. The number of rotatable bonds is 3. The standard InChI is InChI=1S/C13H18N2O/c1-4-13(3,8-14)12-15-11-9(2)6-5-7-10(11)16-12/h5-7H,4,8,14H2,1-3H3. The van der Waals surface area contributed by atoms with Gasteiger partial charge in [0.25, 0.3) is 0 Å². The first-order chi connectivity index (χ1) is 7.60. The third kappa shape index (κ3) is 1.61. The van der Waals surface area contributed by atoms with E-state index in [2.05, 4.69) is 18.8 Å². The predicted octanol–water partition coefficient (Wildman–Crippen LogP) is 2.76. The van der Waals surface area contributed by atoms with Crippen molar-refractivity contribution in [3.63, 3.8) is 0 Å². The molecule has 0 saturated heterocycles. The van der Waals surface area contributed by atoms with Gasteiger partial charge in [-0.3, -0.25) is 0 Å². The van der Waals surface area contributed by atoms with E-state index in [0.717, 1.165) is 29.0 Å². The minimum Gasteiger partial charge on any atom is -0.440 e. The van der Waals surface area contributed by atoms with Crippen molar-refractivity contribution >= 4 is 11.1 Å². The van der Waals surface area contributed by atoms with Crippen molar-refractivity contribution in [2.24, 2.45) is 5.73 Å². The van der Waals surface area contributed by atoms with E-state index in [1.165, 1.54) is 0 Å². The van der Waals surface area contributed by atoms with E-state index in [1.54, 1.807) is 0 Å². The molecule has 2 aromatic rings. The van der Waals surface area contributed by atoms with Crippen molar-refractivity contribution in [3.05, 3.63) is 29.7 Å². The van der Waals surface area contributed by atoms with Crippen LogP contribution in [0.3, 0.4) is 0 Å². The number of oxazole rings is 1. The average molecular weight is 218 g/mol. The molecule has 0 aliphatic heterocycles. The number of aryl methyl sites for hydroxylation is 1. The van der Waals surface area contributed by atoms with Crippen LogP contribution in [0.2, 0.25) is 0 Å². The zero-order chi connectivity index (χ0) is 11.8. The number of hydrogen-bond donors (Lipinski definition) is 1. The van der Waals surface area contributed by atoms with E-state index in [0.29, 0.717) is 6.54 Å². The minimum atomic E-state index is -0.161. The monoisotopic (exact) mass is 218 g/mol. The fourth-order valence-electron chi connectivity index (χ4n) is 1.73. The molecular formula is C13H18N2O. The number of nitrogens with zero attached hydrogens (tertiary/aromatic N) is 1. The highest BCUT2D eigenvalue weighted by Crippen LogP contribution is 2.29. The van der Waals surface area contributed by atoms with Crippen molar-refractivity contribution in [2.45, 2.75) is 32.6 Å². The van der Waals surface area contributed by atoms with Crippen LogP contribution >= 0.6 is 0 Å². The van der Waals surface area contributed by atoms with Gasteiger partial charge in [0.1, 0.15) is 5.52 Å². The third-order valence-electron chi connectivity index (χ3n) is 3.37. The summed E-state index contributed by atoms with van der Waals surface area (Å²) in [6.45, 7) is 6.79. The molecular weight excluding hydrogens is 200 g/mol. The maximum atomic E-state index is 5.81. The number of hydrogen-bond acceptors (Lipinski definition) is 3. The lowest BCUT2D eigenvalue weighted by Gasteiger charge is -2.21. The van der Waals surface area contributed by atoms with Crippen LogP contribution < -0.4 is 5.73 Å². The highest BCUT2D eigenvalue weighted by atomic mass is 16.3. The molecule has 0 aliphatic rings. The second kappa shape index (κ2) is 3.91. The molecule has 0 amide bonds. The molecule has 3 nitrogen and oxygen atoms in total. The number of aromatic nitrogens is 1. The lowest BCUT2D eigenvalue weighted by molar-refractivity contribution is 0.354. The van der Waals surface area contributed by atoms with E-state index in [9.17, 15) is 0 Å². The molecule has 0 saturated carbocycles. The quantitative estimate of drug-likeness (QED) is 0.861. The van der Waals surface area contributed by atoms with Crippen LogP contribution in [0.15, 0.2) is 22.6 Å². The Bertz CT molecular complexity index is 498. The van der Waals surface area contributed by atoms with Crippen LogP contribution in [0.5, 0.6) is 0 Å². The molecule has 3 heteroatoms. The predicted molar refractivity (Wildman–Crippen MR) is 65.4 cm³/mol. The molecule has 86 valence electrons. The molecule has 2 rings (SSSR count). The van der Waals surface area contributed by atoms with Gasteiger partial charge in [-0.1, -0.05) is 19.1 Å². The number of fused-ring (bicyclic) bond motifs is 1. The van der Waals surface area contributed by atoms with Crippen LogP contribution in [0, 0.1) is 6.92 Å². The first-order valence-corrected chi connectivity index (χ1v) is 5.67. The van der Waals surface area contributed by atoms with Gasteiger partial charge in [-0.15, -0.1) is 0 Å². The lowest BCUT2D eigenvalue weighted by atomic mass is 9.88. The molecule has 0 fully saturated rings. The van der Waals surface area contributed by atoms with Crippen LogP contribution in [0.4, 0.5) is 0 Å². The summed E-state index contributed by atoms with van der Waals surface area (Å²) in [4.78, 5) is 4.58. The topological polar surface area (TPSA) is 52.0 Å². The molecule has 0 aliphatic carbocycles. The van der Waals surface area contributed by atoms with Crippen molar-refractivity contribution < 1.29 is 4.42 Å². The fraction of sp³-hybridized carbons (Fsp3) is 0.462. The summed E-state index contributed by atoms with van der Waals surface area (Å²) >= 11 is 0. The van der Waals surface area contributed by atoms with Crippen LogP contribution in [-0.2, 0) is 5.41 Å². The first-order valence-electron chi connectivity index (χ1n) is 5.67. The third-order valence-corrected chi connectivity index (χ3v) is 3.37. The minimum absolute atomic E-state index is 0.161. The second-order valence-corrected chi connectivity index (χ2v) is 4.56. The SMILES string of the molecule is CCC(C)(CN)c1nc2c(C)cccc2o1. The summed E-state index contributed by atoms with van der Waals surface area (Å²) < 4.78 is 5.80. The molecule has 1 heterocycles. The zero-order valence-corrected chi connectivity index (χ0v) is 10.1. The Morgan fingerprint density at radius 2 is 2.19 bits per heavy atom. The van der Waals surface area contributed by atoms with Gasteiger partial charge in [-0.25, -0.2) is 4.98 Å². The van der Waals surface area contributed by atoms with E-state index in [1.807, 2.05) is 25.1 Å². The summed E-state index contributed by atoms with van der Waals surface area (Å²) in [7, 11) is 0. The van der Waals surface area contributed by atoms with Gasteiger partial charge in [0.2, 0.25) is 5.89 Å².